The number of nitrogens with zero attached hydrogens (tertiary/aromatic N) is 3. The molecule has 0 aliphatic rings. The van der Waals surface area contributed by atoms with E-state index in [9.17, 15) is 0 Å². The molecule has 0 radical (unpaired) electrons. The summed E-state index contributed by atoms with van der Waals surface area (Å²) in [5.41, 5.74) is 4.15. The highest BCUT2D eigenvalue weighted by Crippen LogP contribution is 2.58. The van der Waals surface area contributed by atoms with Crippen molar-refractivity contribution in [3.05, 3.63) is 84.9 Å². The molecule has 4 rings (SSSR count). The molecule has 2 heterocycles. The fourth-order valence-electron chi connectivity index (χ4n) is 4.18. The Labute approximate surface area is 198 Å². The Morgan fingerprint density at radius 1 is 0.697 bits per heavy atom. The number of nitrogens with one attached hydrogen (secondary N) is 1. The van der Waals surface area contributed by atoms with Crippen LogP contribution in [0.3, 0.4) is 0 Å². The van der Waals surface area contributed by atoms with Gasteiger partial charge in [-0.15, -0.1) is 0 Å². The minimum Gasteiger partial charge on any atom is -0.348 e. The Kier molecular flexibility index (Phi) is 6.41. The topological polar surface area (TPSA) is 42.7 Å². The minimum atomic E-state index is -0.525. The van der Waals surface area contributed by atoms with Crippen molar-refractivity contribution in [1.29, 1.82) is 0 Å². The summed E-state index contributed by atoms with van der Waals surface area (Å²) in [5.74, 6) is 1.69. The third kappa shape index (κ3) is 5.34. The molecule has 170 valence electrons. The Bertz CT molecular complexity index is 1190. The third-order valence-electron chi connectivity index (χ3n) is 5.37. The van der Waals surface area contributed by atoms with Gasteiger partial charge in [-0.25, -0.2) is 9.67 Å². The molecule has 0 aliphatic carbocycles. The zero-order chi connectivity index (χ0) is 23.6. The molecule has 0 unspecified atom stereocenters. The Morgan fingerprint density at radius 3 is 1.85 bits per heavy atom. The van der Waals surface area contributed by atoms with E-state index >= 15 is 0 Å². The summed E-state index contributed by atoms with van der Waals surface area (Å²) < 4.78 is 1.96. The molecule has 0 atom stereocenters. The van der Waals surface area contributed by atoms with E-state index < -0.39 is 8.07 Å². The van der Waals surface area contributed by atoms with E-state index in [4.69, 9.17) is 10.1 Å². The number of hydrogen-bond donors (Lipinski definition) is 1. The number of benzene rings is 2. The molecule has 2 aromatic heterocycles. The lowest BCUT2D eigenvalue weighted by Gasteiger charge is -2.41. The average Bonchev–Trinajstić information content (AvgIpc) is 3.23. The molecule has 5 heteroatoms. The first-order chi connectivity index (χ1) is 15.6. The lowest BCUT2D eigenvalue weighted by Crippen LogP contribution is -2.29. The minimum absolute atomic E-state index is 0.145. The molecule has 0 saturated carbocycles. The second-order valence-electron chi connectivity index (χ2n) is 10.2. The number of hydrogen-bond acceptors (Lipinski definition) is 3. The van der Waals surface area contributed by atoms with Gasteiger partial charge in [-0.1, -0.05) is 108 Å². The maximum absolute atomic E-state index is 5.01. The molecular weight excluding hydrogens is 423 g/mol. The number of rotatable bonds is 5. The summed E-state index contributed by atoms with van der Waals surface area (Å²) in [6.07, 6.45) is 0. The lowest BCUT2D eigenvalue weighted by molar-refractivity contribution is 0.709. The number of anilines is 1. The molecule has 0 saturated heterocycles. The zero-order valence-corrected chi connectivity index (χ0v) is 21.3. The van der Waals surface area contributed by atoms with E-state index in [0.29, 0.717) is 0 Å². The summed E-state index contributed by atoms with van der Waals surface area (Å²) in [6.45, 7) is 13.8. The van der Waals surface area contributed by atoms with Gasteiger partial charge in [0.2, 0.25) is 0 Å². The van der Waals surface area contributed by atoms with Crippen molar-refractivity contribution in [3.63, 3.8) is 0 Å². The van der Waals surface area contributed by atoms with Crippen LogP contribution in [0.1, 0.15) is 41.5 Å². The van der Waals surface area contributed by atoms with Gasteiger partial charge in [-0.05, 0) is 18.2 Å². The van der Waals surface area contributed by atoms with Gasteiger partial charge in [-0.2, -0.15) is 5.10 Å². The van der Waals surface area contributed by atoms with E-state index in [0.717, 1.165) is 34.2 Å². The summed E-state index contributed by atoms with van der Waals surface area (Å²) in [6, 6.07) is 28.9. The van der Waals surface area contributed by atoms with E-state index in [1.807, 2.05) is 35.0 Å². The maximum atomic E-state index is 5.01. The van der Waals surface area contributed by atoms with E-state index in [-0.39, 0.29) is 10.3 Å². The quantitative estimate of drug-likeness (QED) is 0.309. The average molecular weight is 457 g/mol. The molecule has 0 aliphatic heterocycles. The molecular formula is C28H33N4P. The van der Waals surface area contributed by atoms with Crippen molar-refractivity contribution < 1.29 is 0 Å². The first-order valence-electron chi connectivity index (χ1n) is 11.4. The standard InChI is InChI=1S/C28H33N4P/c1-27(2,3)33(28(4,5)6)31-25-18-13-19-26(29-25)32-24(22-16-11-8-12-17-22)20-23(30-32)21-14-9-7-10-15-21/h7-20H,1-6H3,(H,29,31). The van der Waals surface area contributed by atoms with Crippen LogP contribution in [0.25, 0.3) is 28.3 Å². The van der Waals surface area contributed by atoms with E-state index in [1.54, 1.807) is 0 Å². The Morgan fingerprint density at radius 2 is 1.27 bits per heavy atom. The van der Waals surface area contributed by atoms with E-state index in [2.05, 4.69) is 101 Å². The van der Waals surface area contributed by atoms with Crippen LogP contribution >= 0.6 is 8.07 Å². The summed E-state index contributed by atoms with van der Waals surface area (Å²) >= 11 is 0. The predicted molar refractivity (Wildman–Crippen MR) is 142 cm³/mol. The van der Waals surface area contributed by atoms with Crippen LogP contribution < -0.4 is 5.09 Å². The van der Waals surface area contributed by atoms with Crippen molar-refractivity contribution in [2.24, 2.45) is 0 Å². The van der Waals surface area contributed by atoms with Crippen molar-refractivity contribution in [3.8, 4) is 28.3 Å². The van der Waals surface area contributed by atoms with Crippen LogP contribution in [-0.4, -0.2) is 25.1 Å². The van der Waals surface area contributed by atoms with Crippen LogP contribution in [0.5, 0.6) is 0 Å². The molecule has 33 heavy (non-hydrogen) atoms. The molecule has 0 spiro atoms. The summed E-state index contributed by atoms with van der Waals surface area (Å²) in [7, 11) is -0.525. The molecule has 4 nitrogen and oxygen atoms in total. The molecule has 1 N–H and O–H groups in total. The Hall–Kier alpha value is -2.97. The maximum Gasteiger partial charge on any atom is 0.156 e. The van der Waals surface area contributed by atoms with E-state index in [1.165, 1.54) is 0 Å². The van der Waals surface area contributed by atoms with Crippen molar-refractivity contribution in [2.45, 2.75) is 51.9 Å². The lowest BCUT2D eigenvalue weighted by atomic mass is 10.1. The van der Waals surface area contributed by atoms with Crippen LogP contribution in [0.4, 0.5) is 5.82 Å². The van der Waals surface area contributed by atoms with Gasteiger partial charge in [0.05, 0.1) is 11.4 Å². The summed E-state index contributed by atoms with van der Waals surface area (Å²) in [4.78, 5) is 5.01. The number of aromatic nitrogens is 3. The zero-order valence-electron chi connectivity index (χ0n) is 20.4. The molecule has 0 bridgehead atoms. The monoisotopic (exact) mass is 456 g/mol. The predicted octanol–water partition coefficient (Wildman–Crippen LogP) is 8.01. The van der Waals surface area contributed by atoms with Gasteiger partial charge in [0.1, 0.15) is 5.82 Å². The van der Waals surface area contributed by atoms with Gasteiger partial charge in [0.25, 0.3) is 0 Å². The summed E-state index contributed by atoms with van der Waals surface area (Å²) in [5, 5.41) is 9.05. The van der Waals surface area contributed by atoms with Crippen molar-refractivity contribution >= 4 is 13.9 Å². The third-order valence-corrected chi connectivity index (χ3v) is 8.50. The smallest absolute Gasteiger partial charge is 0.156 e. The van der Waals surface area contributed by atoms with Gasteiger partial charge >= 0.3 is 0 Å². The highest BCUT2D eigenvalue weighted by molar-refractivity contribution is 7.62. The molecule has 2 aromatic carbocycles. The van der Waals surface area contributed by atoms with Gasteiger partial charge in [-0.3, -0.25) is 0 Å². The Balaban J connectivity index is 1.78. The van der Waals surface area contributed by atoms with Gasteiger partial charge < -0.3 is 5.09 Å². The number of pyridine rings is 1. The molecule has 0 amide bonds. The van der Waals surface area contributed by atoms with Crippen LogP contribution in [-0.2, 0) is 0 Å². The highest BCUT2D eigenvalue weighted by atomic mass is 31.1. The van der Waals surface area contributed by atoms with Crippen molar-refractivity contribution in [2.75, 3.05) is 5.09 Å². The van der Waals surface area contributed by atoms with Gasteiger partial charge in [0.15, 0.2) is 5.82 Å². The second-order valence-corrected chi connectivity index (χ2v) is 13.8. The first-order valence-corrected chi connectivity index (χ1v) is 12.7. The first kappa shape index (κ1) is 23.2. The van der Waals surface area contributed by atoms with Crippen LogP contribution in [0.15, 0.2) is 84.9 Å². The molecule has 4 aromatic rings. The fourth-order valence-corrected chi connectivity index (χ4v) is 7.22. The SMILES string of the molecule is CC(C)(C)P(Nc1cccc(-n2nc(-c3ccccc3)cc2-c2ccccc2)n1)C(C)(C)C. The normalized spacial score (nSPS) is 12.2. The van der Waals surface area contributed by atoms with Crippen molar-refractivity contribution in [1.82, 2.24) is 14.8 Å². The largest absolute Gasteiger partial charge is 0.348 e. The molecule has 0 fully saturated rings. The van der Waals surface area contributed by atoms with Crippen LogP contribution in [0, 0.1) is 0 Å². The fraction of sp³-hybridized carbons (Fsp3) is 0.286. The van der Waals surface area contributed by atoms with Crippen LogP contribution in [0.2, 0.25) is 0 Å². The van der Waals surface area contributed by atoms with Gasteiger partial charge in [0, 0.05) is 29.5 Å². The second kappa shape index (κ2) is 9.11. The highest BCUT2D eigenvalue weighted by Gasteiger charge is 2.35.